The van der Waals surface area contributed by atoms with E-state index in [1.54, 1.807) is 7.11 Å². The molecule has 1 unspecified atom stereocenters. The van der Waals surface area contributed by atoms with Crippen LogP contribution in [0.4, 0.5) is 0 Å². The van der Waals surface area contributed by atoms with E-state index in [2.05, 4.69) is 5.32 Å². The molecular formula is C18H28N2O3. The average Bonchev–Trinajstić information content (AvgIpc) is 2.56. The molecule has 0 aliphatic carbocycles. The van der Waals surface area contributed by atoms with Crippen molar-refractivity contribution in [2.75, 3.05) is 40.4 Å². The summed E-state index contributed by atoms with van der Waals surface area (Å²) in [6.45, 7) is 5.08. The summed E-state index contributed by atoms with van der Waals surface area (Å²) in [7, 11) is 3.59. The van der Waals surface area contributed by atoms with Crippen molar-refractivity contribution in [3.8, 4) is 11.5 Å². The van der Waals surface area contributed by atoms with Gasteiger partial charge in [0.25, 0.3) is 0 Å². The van der Waals surface area contributed by atoms with Crippen LogP contribution >= 0.6 is 0 Å². The number of carbonyl (C=O) groups excluding carboxylic acids is 1. The second kappa shape index (κ2) is 8.77. The number of carbonyl (C=O) groups is 1. The van der Waals surface area contributed by atoms with E-state index in [1.807, 2.05) is 37.1 Å². The lowest BCUT2D eigenvalue weighted by Crippen LogP contribution is -2.42. The van der Waals surface area contributed by atoms with E-state index < -0.39 is 0 Å². The van der Waals surface area contributed by atoms with Gasteiger partial charge in [-0.05, 0) is 57.0 Å². The lowest BCUT2D eigenvalue weighted by molar-refractivity contribution is -0.133. The Bertz CT molecular complexity index is 517. The van der Waals surface area contributed by atoms with Crippen LogP contribution in [0, 0.1) is 12.8 Å². The third-order valence-electron chi connectivity index (χ3n) is 4.26. The Labute approximate surface area is 139 Å². The van der Waals surface area contributed by atoms with Crippen molar-refractivity contribution in [2.24, 2.45) is 5.92 Å². The van der Waals surface area contributed by atoms with Gasteiger partial charge in [0.05, 0.1) is 20.1 Å². The van der Waals surface area contributed by atoms with Gasteiger partial charge in [0.1, 0.15) is 0 Å². The lowest BCUT2D eigenvalue weighted by atomic mass is 9.98. The summed E-state index contributed by atoms with van der Waals surface area (Å²) in [5.74, 6) is 2.15. The molecule has 128 valence electrons. The molecule has 23 heavy (non-hydrogen) atoms. The molecule has 1 fully saturated rings. The minimum absolute atomic E-state index is 0.178. The summed E-state index contributed by atoms with van der Waals surface area (Å²) in [5, 5.41) is 3.20. The Balaban J connectivity index is 1.80. The second-order valence-corrected chi connectivity index (χ2v) is 6.16. The van der Waals surface area contributed by atoms with E-state index in [4.69, 9.17) is 9.47 Å². The van der Waals surface area contributed by atoms with Gasteiger partial charge in [-0.25, -0.2) is 0 Å². The Hall–Kier alpha value is -1.75. The number of hydrogen-bond donors (Lipinski definition) is 1. The number of ether oxygens (including phenoxy) is 2. The number of nitrogens with one attached hydrogen (secondary N) is 1. The topological polar surface area (TPSA) is 50.8 Å². The molecule has 5 heteroatoms. The molecule has 1 saturated heterocycles. The Morgan fingerprint density at radius 1 is 1.39 bits per heavy atom. The van der Waals surface area contributed by atoms with Crippen LogP contribution in [0.5, 0.6) is 11.5 Å². The summed E-state index contributed by atoms with van der Waals surface area (Å²) in [6.07, 6.45) is 2.69. The highest BCUT2D eigenvalue weighted by molar-refractivity contribution is 5.76. The maximum Gasteiger partial charge on any atom is 0.226 e. The molecule has 2 rings (SSSR count). The van der Waals surface area contributed by atoms with Crippen LogP contribution < -0.4 is 14.8 Å². The first-order valence-electron chi connectivity index (χ1n) is 8.34. The Morgan fingerprint density at radius 2 is 2.22 bits per heavy atom. The first-order valence-corrected chi connectivity index (χ1v) is 8.34. The summed E-state index contributed by atoms with van der Waals surface area (Å²) in [6, 6.07) is 5.80. The summed E-state index contributed by atoms with van der Waals surface area (Å²) < 4.78 is 11.0. The fraction of sp³-hybridized carbons (Fsp3) is 0.611. The largest absolute Gasteiger partial charge is 0.493 e. The van der Waals surface area contributed by atoms with Gasteiger partial charge < -0.3 is 19.7 Å². The van der Waals surface area contributed by atoms with E-state index in [-0.39, 0.29) is 5.91 Å². The predicted molar refractivity (Wildman–Crippen MR) is 91.1 cm³/mol. The molecule has 1 aromatic rings. The first kappa shape index (κ1) is 17.6. The van der Waals surface area contributed by atoms with Crippen molar-refractivity contribution in [3.63, 3.8) is 0 Å². The van der Waals surface area contributed by atoms with Crippen molar-refractivity contribution in [1.82, 2.24) is 10.2 Å². The van der Waals surface area contributed by atoms with Gasteiger partial charge in [-0.15, -0.1) is 0 Å². The van der Waals surface area contributed by atoms with Crippen LogP contribution in [0.1, 0.15) is 24.8 Å². The van der Waals surface area contributed by atoms with Crippen molar-refractivity contribution >= 4 is 5.91 Å². The standard InChI is InChI=1S/C18H28N2O3/c1-14-6-7-16(17(11-14)22-3)23-10-8-18(21)20-9-4-5-15(13-20)12-19-2/h6-7,11,15,19H,4-5,8-10,12-13H2,1-3H3. The van der Waals surface area contributed by atoms with Crippen molar-refractivity contribution in [1.29, 1.82) is 0 Å². The first-order chi connectivity index (χ1) is 11.1. The number of likely N-dealkylation sites (tertiary alicyclic amines) is 1. The molecule has 0 aromatic heterocycles. The van der Waals surface area contributed by atoms with Gasteiger partial charge in [-0.2, -0.15) is 0 Å². The maximum atomic E-state index is 12.3. The molecule has 1 aliphatic rings. The zero-order valence-corrected chi connectivity index (χ0v) is 14.4. The number of benzene rings is 1. The number of methoxy groups -OCH3 is 1. The van der Waals surface area contributed by atoms with Crippen LogP contribution in [0.15, 0.2) is 18.2 Å². The molecule has 5 nitrogen and oxygen atoms in total. The van der Waals surface area contributed by atoms with Crippen LogP contribution in [-0.2, 0) is 4.79 Å². The van der Waals surface area contributed by atoms with E-state index in [0.29, 0.717) is 30.4 Å². The number of rotatable bonds is 7. The molecule has 0 spiro atoms. The average molecular weight is 320 g/mol. The maximum absolute atomic E-state index is 12.3. The van der Waals surface area contributed by atoms with Crippen LogP contribution in [0.25, 0.3) is 0 Å². The number of amides is 1. The molecule has 1 aliphatic heterocycles. The molecule has 1 N–H and O–H groups in total. The smallest absolute Gasteiger partial charge is 0.226 e. The van der Waals surface area contributed by atoms with Gasteiger partial charge in [-0.3, -0.25) is 4.79 Å². The van der Waals surface area contributed by atoms with Crippen LogP contribution in [0.3, 0.4) is 0 Å². The fourth-order valence-electron chi connectivity index (χ4n) is 3.05. The van der Waals surface area contributed by atoms with Gasteiger partial charge in [-0.1, -0.05) is 6.07 Å². The minimum atomic E-state index is 0.178. The monoisotopic (exact) mass is 320 g/mol. The molecule has 1 atom stereocenters. The Morgan fingerprint density at radius 3 is 2.96 bits per heavy atom. The summed E-state index contributed by atoms with van der Waals surface area (Å²) in [4.78, 5) is 14.3. The van der Waals surface area contributed by atoms with Crippen molar-refractivity contribution in [2.45, 2.75) is 26.2 Å². The summed E-state index contributed by atoms with van der Waals surface area (Å²) in [5.41, 5.74) is 1.12. The zero-order chi connectivity index (χ0) is 16.7. The highest BCUT2D eigenvalue weighted by Gasteiger charge is 2.23. The molecule has 0 bridgehead atoms. The molecule has 0 saturated carbocycles. The minimum Gasteiger partial charge on any atom is -0.493 e. The Kier molecular flexibility index (Phi) is 6.71. The van der Waals surface area contributed by atoms with Crippen LogP contribution in [-0.4, -0.2) is 51.2 Å². The van der Waals surface area contributed by atoms with E-state index >= 15 is 0 Å². The highest BCUT2D eigenvalue weighted by Crippen LogP contribution is 2.27. The number of aryl methyl sites for hydroxylation is 1. The normalized spacial score (nSPS) is 17.9. The zero-order valence-electron chi connectivity index (χ0n) is 14.4. The van der Waals surface area contributed by atoms with Crippen molar-refractivity contribution < 1.29 is 14.3 Å². The van der Waals surface area contributed by atoms with Gasteiger partial charge in [0.15, 0.2) is 11.5 Å². The predicted octanol–water partition coefficient (Wildman–Crippen LogP) is 2.23. The van der Waals surface area contributed by atoms with E-state index in [1.165, 1.54) is 6.42 Å². The fourth-order valence-corrected chi connectivity index (χ4v) is 3.05. The quantitative estimate of drug-likeness (QED) is 0.837. The third kappa shape index (κ3) is 5.13. The number of hydrogen-bond acceptors (Lipinski definition) is 4. The molecule has 1 aromatic carbocycles. The molecule has 1 amide bonds. The van der Waals surface area contributed by atoms with Gasteiger partial charge in [0, 0.05) is 13.1 Å². The SMILES string of the molecule is CNCC1CCCN(C(=O)CCOc2ccc(C)cc2OC)C1. The number of piperidine rings is 1. The van der Waals surface area contributed by atoms with E-state index in [9.17, 15) is 4.79 Å². The molecular weight excluding hydrogens is 292 g/mol. The van der Waals surface area contributed by atoms with E-state index in [0.717, 1.165) is 31.6 Å². The summed E-state index contributed by atoms with van der Waals surface area (Å²) >= 11 is 0. The molecule has 1 heterocycles. The highest BCUT2D eigenvalue weighted by atomic mass is 16.5. The van der Waals surface area contributed by atoms with Crippen molar-refractivity contribution in [3.05, 3.63) is 23.8 Å². The molecule has 0 radical (unpaired) electrons. The van der Waals surface area contributed by atoms with Gasteiger partial charge >= 0.3 is 0 Å². The third-order valence-corrected chi connectivity index (χ3v) is 4.26. The lowest BCUT2D eigenvalue weighted by Gasteiger charge is -2.32. The second-order valence-electron chi connectivity index (χ2n) is 6.16. The van der Waals surface area contributed by atoms with Crippen LogP contribution in [0.2, 0.25) is 0 Å². The van der Waals surface area contributed by atoms with Gasteiger partial charge in [0.2, 0.25) is 5.91 Å². The number of nitrogens with zero attached hydrogens (tertiary/aromatic N) is 1.